The monoisotopic (exact) mass is 237 g/mol. The van der Waals surface area contributed by atoms with Crippen molar-refractivity contribution in [1.29, 1.82) is 0 Å². The fraction of sp³-hybridized carbons (Fsp3) is 0.364. The van der Waals surface area contributed by atoms with Crippen LogP contribution in [0.3, 0.4) is 0 Å². The van der Waals surface area contributed by atoms with Crippen LogP contribution in [0, 0.1) is 5.92 Å². The maximum atomic E-state index is 11.7. The molecule has 1 aromatic rings. The lowest BCUT2D eigenvalue weighted by Gasteiger charge is -2.18. The van der Waals surface area contributed by atoms with Gasteiger partial charge in [-0.2, -0.15) is 0 Å². The summed E-state index contributed by atoms with van der Waals surface area (Å²) in [7, 11) is 0. The van der Waals surface area contributed by atoms with Gasteiger partial charge in [0.15, 0.2) is 5.43 Å². The Morgan fingerprint density at radius 3 is 2.53 bits per heavy atom. The number of nitrogens with one attached hydrogen (secondary N) is 2. The third kappa shape index (κ3) is 3.17. The van der Waals surface area contributed by atoms with Crippen LogP contribution in [0.25, 0.3) is 0 Å². The molecule has 1 aromatic heterocycles. The lowest BCUT2D eigenvalue weighted by atomic mass is 10.0. The van der Waals surface area contributed by atoms with Crippen LogP contribution in [-0.4, -0.2) is 22.8 Å². The summed E-state index contributed by atoms with van der Waals surface area (Å²) in [6, 6.07) is 0.450. The lowest BCUT2D eigenvalue weighted by molar-refractivity contribution is -0.120. The van der Waals surface area contributed by atoms with Crippen LogP contribution in [0.1, 0.15) is 24.2 Å². The van der Waals surface area contributed by atoms with Crippen LogP contribution in [0.5, 0.6) is 0 Å². The molecular formula is C11H15N3O3. The second-order valence-electron chi connectivity index (χ2n) is 4.02. The van der Waals surface area contributed by atoms with Crippen molar-refractivity contribution in [2.45, 2.75) is 19.9 Å². The van der Waals surface area contributed by atoms with Gasteiger partial charge in [-0.05, 0) is 5.92 Å². The number of amides is 2. The average Bonchev–Trinajstić information content (AvgIpc) is 2.25. The number of aromatic amines is 1. The number of rotatable bonds is 4. The molecular weight excluding hydrogens is 222 g/mol. The zero-order chi connectivity index (χ0) is 13.0. The van der Waals surface area contributed by atoms with Gasteiger partial charge in [0.2, 0.25) is 5.91 Å². The highest BCUT2D eigenvalue weighted by Gasteiger charge is 2.23. The van der Waals surface area contributed by atoms with E-state index in [2.05, 4.69) is 10.3 Å². The van der Waals surface area contributed by atoms with E-state index in [1.54, 1.807) is 13.8 Å². The molecule has 6 nitrogen and oxygen atoms in total. The number of hydrogen-bond donors (Lipinski definition) is 3. The Balaban J connectivity index is 2.89. The Morgan fingerprint density at radius 2 is 2.06 bits per heavy atom. The Hall–Kier alpha value is -2.11. The SMILES string of the molecule is CC(C)C(NC(=O)c1c[nH]ccc1=O)C(N)=O. The van der Waals surface area contributed by atoms with Gasteiger partial charge in [0.1, 0.15) is 11.6 Å². The molecule has 2 amide bonds. The predicted octanol–water partition coefficient (Wildman–Crippen LogP) is -0.385. The van der Waals surface area contributed by atoms with Gasteiger partial charge in [-0.1, -0.05) is 13.8 Å². The summed E-state index contributed by atoms with van der Waals surface area (Å²) >= 11 is 0. The maximum Gasteiger partial charge on any atom is 0.257 e. The van der Waals surface area contributed by atoms with Crippen LogP contribution < -0.4 is 16.5 Å². The van der Waals surface area contributed by atoms with Crippen molar-refractivity contribution in [2.75, 3.05) is 0 Å². The van der Waals surface area contributed by atoms with Crippen molar-refractivity contribution in [1.82, 2.24) is 10.3 Å². The fourth-order valence-electron chi connectivity index (χ4n) is 1.38. The van der Waals surface area contributed by atoms with Crippen molar-refractivity contribution >= 4 is 11.8 Å². The first-order valence-electron chi connectivity index (χ1n) is 5.20. The summed E-state index contributed by atoms with van der Waals surface area (Å²) in [5.74, 6) is -1.37. The van der Waals surface area contributed by atoms with Crippen LogP contribution in [0.2, 0.25) is 0 Å². The molecule has 4 N–H and O–H groups in total. The molecule has 0 fully saturated rings. The summed E-state index contributed by atoms with van der Waals surface area (Å²) in [4.78, 5) is 36.9. The second kappa shape index (κ2) is 5.29. The van der Waals surface area contributed by atoms with Gasteiger partial charge in [0.25, 0.3) is 5.91 Å². The molecule has 0 saturated carbocycles. The summed E-state index contributed by atoms with van der Waals surface area (Å²) < 4.78 is 0. The number of primary amides is 1. The van der Waals surface area contributed by atoms with E-state index in [1.165, 1.54) is 18.5 Å². The van der Waals surface area contributed by atoms with Crippen LogP contribution in [0.15, 0.2) is 23.3 Å². The standard InChI is InChI=1S/C11H15N3O3/c1-6(2)9(10(12)16)14-11(17)7-5-13-4-3-8(7)15/h3-6,9H,1-2H3,(H2,12,16)(H,13,15)(H,14,17). The van der Waals surface area contributed by atoms with E-state index in [1.807, 2.05) is 0 Å². The topological polar surface area (TPSA) is 105 Å². The molecule has 0 aromatic carbocycles. The van der Waals surface area contributed by atoms with Crippen LogP contribution in [-0.2, 0) is 4.79 Å². The van der Waals surface area contributed by atoms with Crippen molar-refractivity contribution in [3.8, 4) is 0 Å². The number of hydrogen-bond acceptors (Lipinski definition) is 3. The molecule has 1 unspecified atom stereocenters. The molecule has 92 valence electrons. The minimum atomic E-state index is -0.790. The largest absolute Gasteiger partial charge is 0.368 e. The Kier molecular flexibility index (Phi) is 4.03. The van der Waals surface area contributed by atoms with Gasteiger partial charge < -0.3 is 16.0 Å². The van der Waals surface area contributed by atoms with Gasteiger partial charge in [-0.3, -0.25) is 14.4 Å². The predicted molar refractivity (Wildman–Crippen MR) is 62.3 cm³/mol. The molecule has 0 spiro atoms. The number of H-pyrrole nitrogens is 1. The van der Waals surface area contributed by atoms with Gasteiger partial charge >= 0.3 is 0 Å². The molecule has 0 aliphatic heterocycles. The first kappa shape index (κ1) is 13.0. The lowest BCUT2D eigenvalue weighted by Crippen LogP contribution is -2.48. The van der Waals surface area contributed by atoms with E-state index < -0.39 is 23.3 Å². The highest BCUT2D eigenvalue weighted by Crippen LogP contribution is 2.01. The van der Waals surface area contributed by atoms with Crippen molar-refractivity contribution in [3.63, 3.8) is 0 Å². The molecule has 0 radical (unpaired) electrons. The average molecular weight is 237 g/mol. The molecule has 1 atom stereocenters. The van der Waals surface area contributed by atoms with Crippen molar-refractivity contribution in [2.24, 2.45) is 11.7 Å². The third-order valence-corrected chi connectivity index (χ3v) is 2.33. The van der Waals surface area contributed by atoms with E-state index in [4.69, 9.17) is 5.73 Å². The normalized spacial score (nSPS) is 12.2. The summed E-state index contributed by atoms with van der Waals surface area (Å²) in [6.45, 7) is 3.51. The minimum Gasteiger partial charge on any atom is -0.368 e. The van der Waals surface area contributed by atoms with E-state index in [-0.39, 0.29) is 11.5 Å². The third-order valence-electron chi connectivity index (χ3n) is 2.33. The highest BCUT2D eigenvalue weighted by atomic mass is 16.2. The molecule has 0 bridgehead atoms. The Labute approximate surface area is 98.2 Å². The highest BCUT2D eigenvalue weighted by molar-refractivity contribution is 5.97. The summed E-state index contributed by atoms with van der Waals surface area (Å²) in [5.41, 5.74) is 4.71. The molecule has 1 rings (SSSR count). The maximum absolute atomic E-state index is 11.7. The molecule has 0 aliphatic carbocycles. The quantitative estimate of drug-likeness (QED) is 0.664. The summed E-state index contributed by atoms with van der Waals surface area (Å²) in [5, 5.41) is 2.44. The number of nitrogens with two attached hydrogens (primary N) is 1. The smallest absolute Gasteiger partial charge is 0.257 e. The number of aromatic nitrogens is 1. The van der Waals surface area contributed by atoms with E-state index >= 15 is 0 Å². The number of carbonyl (C=O) groups excluding carboxylic acids is 2. The number of pyridine rings is 1. The van der Waals surface area contributed by atoms with Crippen LogP contribution >= 0.6 is 0 Å². The zero-order valence-electron chi connectivity index (χ0n) is 9.69. The Bertz CT molecular complexity index is 479. The van der Waals surface area contributed by atoms with Gasteiger partial charge in [-0.15, -0.1) is 0 Å². The van der Waals surface area contributed by atoms with Gasteiger partial charge in [0.05, 0.1) is 0 Å². The molecule has 1 heterocycles. The first-order chi connectivity index (χ1) is 7.93. The summed E-state index contributed by atoms with van der Waals surface area (Å²) in [6.07, 6.45) is 2.71. The molecule has 17 heavy (non-hydrogen) atoms. The van der Waals surface area contributed by atoms with Gasteiger partial charge in [-0.25, -0.2) is 0 Å². The first-order valence-corrected chi connectivity index (χ1v) is 5.20. The van der Waals surface area contributed by atoms with Crippen LogP contribution in [0.4, 0.5) is 0 Å². The molecule has 6 heteroatoms. The van der Waals surface area contributed by atoms with Gasteiger partial charge in [0, 0.05) is 18.5 Å². The van der Waals surface area contributed by atoms with E-state index in [0.717, 1.165) is 0 Å². The zero-order valence-corrected chi connectivity index (χ0v) is 9.69. The number of carbonyl (C=O) groups is 2. The second-order valence-corrected chi connectivity index (χ2v) is 4.02. The van der Waals surface area contributed by atoms with E-state index in [0.29, 0.717) is 0 Å². The Morgan fingerprint density at radius 1 is 1.41 bits per heavy atom. The minimum absolute atomic E-state index is 0.0422. The van der Waals surface area contributed by atoms with Crippen molar-refractivity contribution in [3.05, 3.63) is 34.2 Å². The molecule has 0 saturated heterocycles. The molecule has 0 aliphatic rings. The fourth-order valence-corrected chi connectivity index (χ4v) is 1.38. The van der Waals surface area contributed by atoms with Crippen molar-refractivity contribution < 1.29 is 9.59 Å². The van der Waals surface area contributed by atoms with E-state index in [9.17, 15) is 14.4 Å².